The van der Waals surface area contributed by atoms with Crippen molar-refractivity contribution in [2.45, 2.75) is 13.0 Å². The number of thiophene rings is 1. The van der Waals surface area contributed by atoms with Crippen molar-refractivity contribution in [3.05, 3.63) is 40.8 Å². The largest absolute Gasteiger partial charge is 0.454 e. The molecule has 2 aromatic rings. The first-order valence-electron chi connectivity index (χ1n) is 7.24. The summed E-state index contributed by atoms with van der Waals surface area (Å²) in [5, 5.41) is 4.46. The van der Waals surface area contributed by atoms with E-state index in [1.807, 2.05) is 0 Å². The van der Waals surface area contributed by atoms with E-state index >= 15 is 0 Å². The van der Waals surface area contributed by atoms with Gasteiger partial charge in [0.15, 0.2) is 17.6 Å². The minimum Gasteiger partial charge on any atom is -0.454 e. The predicted octanol–water partition coefficient (Wildman–Crippen LogP) is 1.76. The van der Waals surface area contributed by atoms with Crippen LogP contribution < -0.4 is 20.5 Å². The number of nitrogens with one attached hydrogen (secondary N) is 1. The molecular formula is C16H14N2O6S. The van der Waals surface area contributed by atoms with Gasteiger partial charge in [-0.25, -0.2) is 4.79 Å². The molecule has 1 aromatic carbocycles. The van der Waals surface area contributed by atoms with Crippen LogP contribution in [0.3, 0.4) is 0 Å². The highest BCUT2D eigenvalue weighted by atomic mass is 32.1. The Hall–Kier alpha value is -3.07. The molecule has 2 amide bonds. The van der Waals surface area contributed by atoms with E-state index in [9.17, 15) is 14.4 Å². The predicted molar refractivity (Wildman–Crippen MR) is 88.9 cm³/mol. The molecule has 3 N–H and O–H groups in total. The van der Waals surface area contributed by atoms with Gasteiger partial charge in [0, 0.05) is 0 Å². The molecule has 1 aliphatic heterocycles. The van der Waals surface area contributed by atoms with Crippen LogP contribution in [-0.4, -0.2) is 30.7 Å². The first-order valence-corrected chi connectivity index (χ1v) is 8.12. The van der Waals surface area contributed by atoms with Gasteiger partial charge < -0.3 is 25.3 Å². The van der Waals surface area contributed by atoms with Gasteiger partial charge in [0.2, 0.25) is 6.79 Å². The fourth-order valence-electron chi connectivity index (χ4n) is 2.12. The van der Waals surface area contributed by atoms with Gasteiger partial charge in [0.25, 0.3) is 11.8 Å². The van der Waals surface area contributed by atoms with Crippen molar-refractivity contribution < 1.29 is 28.6 Å². The van der Waals surface area contributed by atoms with Crippen LogP contribution in [0, 0.1) is 0 Å². The second-order valence-corrected chi connectivity index (χ2v) is 6.05. The van der Waals surface area contributed by atoms with Crippen LogP contribution >= 0.6 is 11.3 Å². The summed E-state index contributed by atoms with van der Waals surface area (Å²) in [7, 11) is 0. The van der Waals surface area contributed by atoms with Gasteiger partial charge in [-0.3, -0.25) is 9.59 Å². The van der Waals surface area contributed by atoms with Crippen molar-refractivity contribution in [1.82, 2.24) is 0 Å². The summed E-state index contributed by atoms with van der Waals surface area (Å²) in [6.45, 7) is 1.52. The van der Waals surface area contributed by atoms with Crippen LogP contribution in [0.2, 0.25) is 0 Å². The normalized spacial score (nSPS) is 13.2. The first-order chi connectivity index (χ1) is 12.0. The lowest BCUT2D eigenvalue weighted by Gasteiger charge is -2.13. The molecule has 1 aliphatic rings. The fraction of sp³-hybridized carbons (Fsp3) is 0.188. The van der Waals surface area contributed by atoms with Gasteiger partial charge in [-0.15, -0.1) is 11.3 Å². The van der Waals surface area contributed by atoms with E-state index in [-0.39, 0.29) is 17.9 Å². The lowest BCUT2D eigenvalue weighted by Crippen LogP contribution is -2.30. The number of esters is 1. The topological polar surface area (TPSA) is 117 Å². The van der Waals surface area contributed by atoms with Gasteiger partial charge in [-0.2, -0.15) is 0 Å². The van der Waals surface area contributed by atoms with Gasteiger partial charge in [0.05, 0.1) is 11.1 Å². The Morgan fingerprint density at radius 1 is 1.24 bits per heavy atom. The number of nitrogens with two attached hydrogens (primary N) is 1. The highest BCUT2D eigenvalue weighted by Crippen LogP contribution is 2.32. The number of hydrogen-bond acceptors (Lipinski definition) is 7. The van der Waals surface area contributed by atoms with Crippen molar-refractivity contribution in [3.63, 3.8) is 0 Å². The van der Waals surface area contributed by atoms with Crippen molar-refractivity contribution in [2.75, 3.05) is 12.1 Å². The van der Waals surface area contributed by atoms with Crippen molar-refractivity contribution in [1.29, 1.82) is 0 Å². The van der Waals surface area contributed by atoms with E-state index < -0.39 is 23.9 Å². The van der Waals surface area contributed by atoms with E-state index in [0.29, 0.717) is 16.5 Å². The summed E-state index contributed by atoms with van der Waals surface area (Å²) in [6.07, 6.45) is -1.07. The van der Waals surface area contributed by atoms with E-state index in [1.165, 1.54) is 25.1 Å². The number of anilines is 1. The van der Waals surface area contributed by atoms with Gasteiger partial charge in [0.1, 0.15) is 5.00 Å². The molecule has 0 saturated carbocycles. The maximum absolute atomic E-state index is 12.2. The second kappa shape index (κ2) is 6.81. The molecule has 9 heteroatoms. The highest BCUT2D eigenvalue weighted by molar-refractivity contribution is 7.14. The summed E-state index contributed by atoms with van der Waals surface area (Å²) >= 11 is 1.15. The number of hydrogen-bond donors (Lipinski definition) is 2. The van der Waals surface area contributed by atoms with Gasteiger partial charge in [-0.1, -0.05) is 0 Å². The number of ether oxygens (including phenoxy) is 3. The molecule has 8 nitrogen and oxygen atoms in total. The number of primary amides is 1. The average molecular weight is 362 g/mol. The van der Waals surface area contributed by atoms with Crippen LogP contribution in [0.15, 0.2) is 29.6 Å². The maximum Gasteiger partial charge on any atom is 0.339 e. The number of amides is 2. The third-order valence-electron chi connectivity index (χ3n) is 3.43. The van der Waals surface area contributed by atoms with Gasteiger partial charge in [-0.05, 0) is 36.6 Å². The zero-order valence-corrected chi connectivity index (χ0v) is 13.9. The molecule has 0 bridgehead atoms. The minimum atomic E-state index is -1.07. The monoisotopic (exact) mass is 362 g/mol. The fourth-order valence-corrected chi connectivity index (χ4v) is 2.91. The molecule has 1 atom stereocenters. The summed E-state index contributed by atoms with van der Waals surface area (Å²) in [5.41, 5.74) is 5.66. The number of rotatable bonds is 5. The molecule has 0 radical (unpaired) electrons. The third-order valence-corrected chi connectivity index (χ3v) is 4.26. The van der Waals surface area contributed by atoms with E-state index in [4.69, 9.17) is 19.9 Å². The lowest BCUT2D eigenvalue weighted by atomic mass is 10.2. The van der Waals surface area contributed by atoms with Crippen LogP contribution in [0.1, 0.15) is 27.6 Å². The summed E-state index contributed by atoms with van der Waals surface area (Å²) < 4.78 is 15.5. The SMILES string of the molecule is C[C@H](OC(=O)c1ccc2c(c1)OCO2)C(=O)Nc1sccc1C(N)=O. The molecule has 130 valence electrons. The molecule has 0 spiro atoms. The average Bonchev–Trinajstić information content (AvgIpc) is 3.22. The van der Waals surface area contributed by atoms with E-state index in [0.717, 1.165) is 11.3 Å². The number of fused-ring (bicyclic) bond motifs is 1. The molecule has 0 fully saturated rings. The van der Waals surface area contributed by atoms with Gasteiger partial charge >= 0.3 is 5.97 Å². The van der Waals surface area contributed by atoms with E-state index in [2.05, 4.69) is 5.32 Å². The number of carbonyl (C=O) groups is 3. The Morgan fingerprint density at radius 3 is 2.76 bits per heavy atom. The first kappa shape index (κ1) is 16.8. The van der Waals surface area contributed by atoms with Crippen LogP contribution in [0.5, 0.6) is 11.5 Å². The summed E-state index contributed by atoms with van der Waals surface area (Å²) in [6, 6.07) is 6.10. The van der Waals surface area contributed by atoms with Crippen LogP contribution in [0.25, 0.3) is 0 Å². The number of carbonyl (C=O) groups excluding carboxylic acids is 3. The van der Waals surface area contributed by atoms with E-state index in [1.54, 1.807) is 11.4 Å². The Morgan fingerprint density at radius 2 is 2.00 bits per heavy atom. The molecule has 0 unspecified atom stereocenters. The van der Waals surface area contributed by atoms with Crippen molar-refractivity contribution >= 4 is 34.1 Å². The van der Waals surface area contributed by atoms with Crippen LogP contribution in [-0.2, 0) is 9.53 Å². The number of benzene rings is 1. The molecule has 2 heterocycles. The molecule has 0 aliphatic carbocycles. The molecule has 0 saturated heterocycles. The smallest absolute Gasteiger partial charge is 0.339 e. The Kier molecular flexibility index (Phi) is 4.57. The maximum atomic E-state index is 12.2. The minimum absolute atomic E-state index is 0.0929. The zero-order valence-electron chi connectivity index (χ0n) is 13.1. The third kappa shape index (κ3) is 3.56. The second-order valence-electron chi connectivity index (χ2n) is 5.13. The molecule has 1 aromatic heterocycles. The quantitative estimate of drug-likeness (QED) is 0.783. The Labute approximate surface area is 146 Å². The Bertz CT molecular complexity index is 847. The van der Waals surface area contributed by atoms with Crippen molar-refractivity contribution in [2.24, 2.45) is 5.73 Å². The molecule has 25 heavy (non-hydrogen) atoms. The van der Waals surface area contributed by atoms with Crippen molar-refractivity contribution in [3.8, 4) is 11.5 Å². The highest BCUT2D eigenvalue weighted by Gasteiger charge is 2.23. The zero-order chi connectivity index (χ0) is 18.0. The Balaban J connectivity index is 1.64. The summed E-state index contributed by atoms with van der Waals surface area (Å²) in [4.78, 5) is 35.6. The van der Waals surface area contributed by atoms with Crippen LogP contribution in [0.4, 0.5) is 5.00 Å². The molecular weight excluding hydrogens is 348 g/mol. The standard InChI is InChI=1S/C16H14N2O6S/c1-8(14(20)18-15-10(13(17)19)4-5-25-15)24-16(21)9-2-3-11-12(6-9)23-7-22-11/h2-6,8H,7H2,1H3,(H2,17,19)(H,18,20)/t8-/m0/s1. The summed E-state index contributed by atoms with van der Waals surface area (Å²) in [5.74, 6) is -0.918. The lowest BCUT2D eigenvalue weighted by molar-refractivity contribution is -0.123. The molecule has 3 rings (SSSR count).